The lowest BCUT2D eigenvalue weighted by Crippen LogP contribution is -2.34. The Morgan fingerprint density at radius 1 is 1.41 bits per heavy atom. The molecule has 0 fully saturated rings. The number of carbonyl (C=O) groups excluding carboxylic acids is 1. The number of nitrogens with one attached hydrogen (secondary N) is 1. The van der Waals surface area contributed by atoms with Gasteiger partial charge in [-0.2, -0.15) is 0 Å². The molecule has 1 aromatic rings. The number of rotatable bonds is 4. The van der Waals surface area contributed by atoms with E-state index in [1.807, 2.05) is 39.0 Å². The van der Waals surface area contributed by atoms with E-state index < -0.39 is 0 Å². The molecule has 0 bridgehead atoms. The molecule has 0 radical (unpaired) electrons. The number of carbonyl (C=O) groups is 1. The van der Waals surface area contributed by atoms with E-state index in [9.17, 15) is 4.79 Å². The van der Waals surface area contributed by atoms with Crippen molar-refractivity contribution in [1.82, 2.24) is 5.32 Å². The molecular weight excluding hydrogens is 232 g/mol. The fourth-order valence-corrected chi connectivity index (χ4v) is 1.69. The zero-order valence-electron chi connectivity index (χ0n) is 10.4. The summed E-state index contributed by atoms with van der Waals surface area (Å²) in [4.78, 5) is 12.4. The Bertz CT molecular complexity index is 423. The van der Waals surface area contributed by atoms with Crippen LogP contribution in [0.3, 0.4) is 0 Å². The van der Waals surface area contributed by atoms with E-state index in [1.54, 1.807) is 0 Å². The number of amides is 1. The second-order valence-electron chi connectivity index (χ2n) is 4.28. The maximum absolute atomic E-state index is 12.0. The molecule has 0 aliphatic heterocycles. The minimum Gasteiger partial charge on any atom is -0.393 e. The Labute approximate surface area is 107 Å². The van der Waals surface area contributed by atoms with Crippen molar-refractivity contribution >= 4 is 23.1 Å². The summed E-state index contributed by atoms with van der Waals surface area (Å²) in [6, 6.07) is 5.80. The Balaban J connectivity index is 2.74. The predicted molar refractivity (Wildman–Crippen MR) is 74.2 cm³/mol. The maximum atomic E-state index is 12.0. The predicted octanol–water partition coefficient (Wildman–Crippen LogP) is 1.96. The summed E-state index contributed by atoms with van der Waals surface area (Å²) < 4.78 is 0. The van der Waals surface area contributed by atoms with Crippen LogP contribution in [-0.2, 0) is 0 Å². The average Bonchev–Trinajstić information content (AvgIpc) is 2.25. The molecule has 1 amide bonds. The van der Waals surface area contributed by atoms with Crippen molar-refractivity contribution in [3.63, 3.8) is 0 Å². The SMILES string of the molecule is Cc1cccc(C)c1C(=O)NCC(C)C(N)=S. The molecule has 0 saturated carbocycles. The van der Waals surface area contributed by atoms with E-state index in [2.05, 4.69) is 5.32 Å². The van der Waals surface area contributed by atoms with Crippen LogP contribution in [0, 0.1) is 19.8 Å². The van der Waals surface area contributed by atoms with Crippen LogP contribution in [0.15, 0.2) is 18.2 Å². The zero-order valence-corrected chi connectivity index (χ0v) is 11.2. The maximum Gasteiger partial charge on any atom is 0.251 e. The summed E-state index contributed by atoms with van der Waals surface area (Å²) in [5.41, 5.74) is 8.19. The lowest BCUT2D eigenvalue weighted by atomic mass is 10.0. The molecule has 3 nitrogen and oxygen atoms in total. The highest BCUT2D eigenvalue weighted by atomic mass is 32.1. The molecule has 1 aromatic carbocycles. The summed E-state index contributed by atoms with van der Waals surface area (Å²) in [6.07, 6.45) is 0. The van der Waals surface area contributed by atoms with Gasteiger partial charge in [0, 0.05) is 18.0 Å². The normalized spacial score (nSPS) is 11.9. The molecule has 3 N–H and O–H groups in total. The number of aryl methyl sites for hydroxylation is 2. The summed E-state index contributed by atoms with van der Waals surface area (Å²) in [7, 11) is 0. The van der Waals surface area contributed by atoms with Gasteiger partial charge >= 0.3 is 0 Å². The molecule has 0 aliphatic rings. The lowest BCUT2D eigenvalue weighted by Gasteiger charge is -2.13. The van der Waals surface area contributed by atoms with Crippen LogP contribution in [0.2, 0.25) is 0 Å². The minimum atomic E-state index is -0.0660. The number of benzene rings is 1. The van der Waals surface area contributed by atoms with Gasteiger partial charge in [-0.05, 0) is 25.0 Å². The van der Waals surface area contributed by atoms with Gasteiger partial charge in [0.1, 0.15) is 0 Å². The van der Waals surface area contributed by atoms with Gasteiger partial charge in [0.15, 0.2) is 0 Å². The third kappa shape index (κ3) is 3.53. The Kier molecular flexibility index (Phi) is 4.63. The Morgan fingerprint density at radius 2 is 1.94 bits per heavy atom. The molecule has 0 saturated heterocycles. The Morgan fingerprint density at radius 3 is 2.41 bits per heavy atom. The van der Waals surface area contributed by atoms with Gasteiger partial charge in [-0.25, -0.2) is 0 Å². The molecule has 1 atom stereocenters. The van der Waals surface area contributed by atoms with Gasteiger partial charge < -0.3 is 11.1 Å². The third-order valence-corrected chi connectivity index (χ3v) is 3.17. The average molecular weight is 250 g/mol. The highest BCUT2D eigenvalue weighted by Gasteiger charge is 2.13. The standard InChI is InChI=1S/C13H18N2OS/c1-8-5-4-6-9(2)11(8)13(16)15-7-10(3)12(14)17/h4-6,10H,7H2,1-3H3,(H2,14,17)(H,15,16). The van der Waals surface area contributed by atoms with Crippen molar-refractivity contribution < 1.29 is 4.79 Å². The van der Waals surface area contributed by atoms with Gasteiger partial charge in [-0.1, -0.05) is 37.3 Å². The highest BCUT2D eigenvalue weighted by Crippen LogP contribution is 2.12. The van der Waals surface area contributed by atoms with Gasteiger partial charge in [0.05, 0.1) is 4.99 Å². The van der Waals surface area contributed by atoms with Crippen molar-refractivity contribution in [3.05, 3.63) is 34.9 Å². The molecule has 0 heterocycles. The van der Waals surface area contributed by atoms with Crippen LogP contribution in [0.5, 0.6) is 0 Å². The largest absolute Gasteiger partial charge is 0.393 e. The van der Waals surface area contributed by atoms with Gasteiger partial charge in [0.2, 0.25) is 0 Å². The molecule has 17 heavy (non-hydrogen) atoms. The fourth-order valence-electron chi connectivity index (χ4n) is 1.61. The van der Waals surface area contributed by atoms with Crippen molar-refractivity contribution in [1.29, 1.82) is 0 Å². The van der Waals surface area contributed by atoms with E-state index in [0.717, 1.165) is 16.7 Å². The summed E-state index contributed by atoms with van der Waals surface area (Å²) >= 11 is 4.86. The van der Waals surface area contributed by atoms with Gasteiger partial charge in [-0.3, -0.25) is 4.79 Å². The minimum absolute atomic E-state index is 0.0123. The highest BCUT2D eigenvalue weighted by molar-refractivity contribution is 7.80. The number of thiocarbonyl (C=S) groups is 1. The van der Waals surface area contributed by atoms with E-state index in [0.29, 0.717) is 11.5 Å². The van der Waals surface area contributed by atoms with E-state index in [-0.39, 0.29) is 11.8 Å². The molecule has 1 rings (SSSR count). The molecule has 0 spiro atoms. The smallest absolute Gasteiger partial charge is 0.251 e. The molecule has 92 valence electrons. The van der Waals surface area contributed by atoms with Gasteiger partial charge in [0.25, 0.3) is 5.91 Å². The number of hydrogen-bond donors (Lipinski definition) is 2. The molecular formula is C13H18N2OS. The molecule has 1 unspecified atom stereocenters. The number of hydrogen-bond acceptors (Lipinski definition) is 2. The summed E-state index contributed by atoms with van der Waals surface area (Å²) in [5.74, 6) is -0.0537. The van der Waals surface area contributed by atoms with Crippen LogP contribution in [0.4, 0.5) is 0 Å². The van der Waals surface area contributed by atoms with E-state index in [1.165, 1.54) is 0 Å². The van der Waals surface area contributed by atoms with Crippen molar-refractivity contribution in [3.8, 4) is 0 Å². The zero-order chi connectivity index (χ0) is 13.0. The fraction of sp³-hybridized carbons (Fsp3) is 0.385. The number of nitrogens with two attached hydrogens (primary N) is 1. The first-order valence-corrected chi connectivity index (χ1v) is 5.98. The first-order valence-electron chi connectivity index (χ1n) is 5.57. The molecule has 0 aromatic heterocycles. The first-order chi connectivity index (χ1) is 7.93. The first kappa shape index (κ1) is 13.6. The van der Waals surface area contributed by atoms with Crippen LogP contribution in [0.1, 0.15) is 28.4 Å². The molecule has 4 heteroatoms. The third-order valence-electron chi connectivity index (χ3n) is 2.76. The van der Waals surface area contributed by atoms with E-state index in [4.69, 9.17) is 18.0 Å². The summed E-state index contributed by atoms with van der Waals surface area (Å²) in [5, 5.41) is 2.86. The second kappa shape index (κ2) is 5.77. The monoisotopic (exact) mass is 250 g/mol. The second-order valence-corrected chi connectivity index (χ2v) is 4.75. The van der Waals surface area contributed by atoms with Gasteiger partial charge in [-0.15, -0.1) is 0 Å². The topological polar surface area (TPSA) is 55.1 Å². The quantitative estimate of drug-likeness (QED) is 0.803. The van der Waals surface area contributed by atoms with Crippen molar-refractivity contribution in [2.24, 2.45) is 11.7 Å². The lowest BCUT2D eigenvalue weighted by molar-refractivity contribution is 0.0950. The Hall–Kier alpha value is -1.42. The van der Waals surface area contributed by atoms with E-state index >= 15 is 0 Å². The van der Waals surface area contributed by atoms with Crippen molar-refractivity contribution in [2.75, 3.05) is 6.54 Å². The van der Waals surface area contributed by atoms with Crippen LogP contribution < -0.4 is 11.1 Å². The molecule has 0 aliphatic carbocycles. The van der Waals surface area contributed by atoms with Crippen LogP contribution in [0.25, 0.3) is 0 Å². The van der Waals surface area contributed by atoms with Crippen LogP contribution >= 0.6 is 12.2 Å². The van der Waals surface area contributed by atoms with Crippen LogP contribution in [-0.4, -0.2) is 17.4 Å². The summed E-state index contributed by atoms with van der Waals surface area (Å²) in [6.45, 7) is 6.23. The van der Waals surface area contributed by atoms with Crippen molar-refractivity contribution in [2.45, 2.75) is 20.8 Å².